The molecule has 84 valence electrons. The highest BCUT2D eigenvalue weighted by Gasteiger charge is 2.33. The summed E-state index contributed by atoms with van der Waals surface area (Å²) in [6.07, 6.45) is -9.21. The Balaban J connectivity index is 4.29. The number of hydrogen-bond donors (Lipinski definition) is 6. The van der Waals surface area contributed by atoms with Gasteiger partial charge >= 0.3 is 0 Å². The second-order valence-corrected chi connectivity index (χ2v) is 2.85. The summed E-state index contributed by atoms with van der Waals surface area (Å²) >= 11 is 0. The standard InChI is InChI=1S/C7H14O7/c8-1-3(10)5(12)7(14)6(13)4(11)2-9/h1,3-7,9-14H,2H2/t3-,4-,5-,6-,7+/m0/s1. The molecule has 0 amide bonds. The van der Waals surface area contributed by atoms with E-state index in [2.05, 4.69) is 0 Å². The van der Waals surface area contributed by atoms with Crippen molar-refractivity contribution in [2.45, 2.75) is 30.5 Å². The summed E-state index contributed by atoms with van der Waals surface area (Å²) in [4.78, 5) is 10.00. The third-order valence-corrected chi connectivity index (χ3v) is 1.77. The number of aliphatic hydroxyl groups excluding tert-OH is 6. The van der Waals surface area contributed by atoms with Crippen LogP contribution in [0, 0.1) is 0 Å². The molecule has 0 saturated heterocycles. The van der Waals surface area contributed by atoms with E-state index >= 15 is 0 Å². The molecule has 0 aromatic heterocycles. The SMILES string of the molecule is O=C[C@H](O)[C@H](O)[C@@H](O)[C@@H](O)[C@@H](O)CO. The summed E-state index contributed by atoms with van der Waals surface area (Å²) in [5.74, 6) is 0. The van der Waals surface area contributed by atoms with Crippen LogP contribution in [0.4, 0.5) is 0 Å². The van der Waals surface area contributed by atoms with Gasteiger partial charge in [0.05, 0.1) is 6.61 Å². The molecule has 0 rings (SSSR count). The van der Waals surface area contributed by atoms with Crippen LogP contribution >= 0.6 is 0 Å². The Hall–Kier alpha value is -0.570. The Morgan fingerprint density at radius 2 is 1.43 bits per heavy atom. The number of aldehydes is 1. The third-order valence-electron chi connectivity index (χ3n) is 1.77. The van der Waals surface area contributed by atoms with Gasteiger partial charge in [0.25, 0.3) is 0 Å². The summed E-state index contributed by atoms with van der Waals surface area (Å²) in [5, 5.41) is 53.2. The van der Waals surface area contributed by atoms with Crippen LogP contribution in [0.25, 0.3) is 0 Å². The molecule has 0 spiro atoms. The molecule has 0 aliphatic heterocycles. The molecule has 5 atom stereocenters. The van der Waals surface area contributed by atoms with Crippen molar-refractivity contribution in [3.05, 3.63) is 0 Å². The fourth-order valence-corrected chi connectivity index (χ4v) is 0.820. The number of carbonyl (C=O) groups is 1. The lowest BCUT2D eigenvalue weighted by atomic mass is 10.0. The Labute approximate surface area is 79.9 Å². The minimum absolute atomic E-state index is 0.0219. The molecule has 0 bridgehead atoms. The number of carbonyl (C=O) groups excluding carboxylic acids is 1. The lowest BCUT2D eigenvalue weighted by Crippen LogP contribution is -2.50. The zero-order valence-electron chi connectivity index (χ0n) is 7.26. The third kappa shape index (κ3) is 3.29. The highest BCUT2D eigenvalue weighted by atomic mass is 16.4. The molecule has 0 radical (unpaired) electrons. The van der Waals surface area contributed by atoms with Crippen molar-refractivity contribution in [1.29, 1.82) is 0 Å². The van der Waals surface area contributed by atoms with Gasteiger partial charge in [-0.1, -0.05) is 0 Å². The first kappa shape index (κ1) is 13.4. The Bertz CT molecular complexity index is 173. The van der Waals surface area contributed by atoms with Crippen molar-refractivity contribution in [1.82, 2.24) is 0 Å². The summed E-state index contributed by atoms with van der Waals surface area (Å²) in [6, 6.07) is 0. The van der Waals surface area contributed by atoms with Crippen molar-refractivity contribution in [2.24, 2.45) is 0 Å². The van der Waals surface area contributed by atoms with E-state index in [1.807, 2.05) is 0 Å². The maximum Gasteiger partial charge on any atom is 0.151 e. The second kappa shape index (κ2) is 6.02. The van der Waals surface area contributed by atoms with Crippen molar-refractivity contribution in [2.75, 3.05) is 6.61 Å². The van der Waals surface area contributed by atoms with E-state index < -0.39 is 37.1 Å². The van der Waals surface area contributed by atoms with Gasteiger partial charge in [0.1, 0.15) is 30.5 Å². The van der Waals surface area contributed by atoms with Gasteiger partial charge in [-0.3, -0.25) is 0 Å². The van der Waals surface area contributed by atoms with Crippen LogP contribution in [-0.4, -0.2) is 74.1 Å². The minimum Gasteiger partial charge on any atom is -0.394 e. The van der Waals surface area contributed by atoms with Gasteiger partial charge in [-0.15, -0.1) is 0 Å². The summed E-state index contributed by atoms with van der Waals surface area (Å²) in [6.45, 7) is -0.817. The first-order valence-corrected chi connectivity index (χ1v) is 3.92. The molecule has 7 heteroatoms. The fourth-order valence-electron chi connectivity index (χ4n) is 0.820. The molecule has 0 fully saturated rings. The summed E-state index contributed by atoms with van der Waals surface area (Å²) in [7, 11) is 0. The molecule has 0 aliphatic carbocycles. The smallest absolute Gasteiger partial charge is 0.151 e. The highest BCUT2D eigenvalue weighted by molar-refractivity contribution is 5.56. The Kier molecular flexibility index (Phi) is 5.77. The van der Waals surface area contributed by atoms with Crippen LogP contribution < -0.4 is 0 Å². The van der Waals surface area contributed by atoms with Gasteiger partial charge < -0.3 is 35.4 Å². The van der Waals surface area contributed by atoms with Crippen molar-refractivity contribution in [3.63, 3.8) is 0 Å². The first-order valence-electron chi connectivity index (χ1n) is 3.92. The average molecular weight is 210 g/mol. The van der Waals surface area contributed by atoms with E-state index in [1.165, 1.54) is 0 Å². The van der Waals surface area contributed by atoms with Crippen LogP contribution in [0.2, 0.25) is 0 Å². The zero-order chi connectivity index (χ0) is 11.3. The number of hydrogen-bond acceptors (Lipinski definition) is 7. The van der Waals surface area contributed by atoms with E-state index in [1.54, 1.807) is 0 Å². The average Bonchev–Trinajstić information content (AvgIpc) is 2.23. The van der Waals surface area contributed by atoms with Crippen LogP contribution in [0.3, 0.4) is 0 Å². The first-order chi connectivity index (χ1) is 6.45. The monoisotopic (exact) mass is 210 g/mol. The molecule has 0 saturated carbocycles. The Morgan fingerprint density at radius 3 is 1.79 bits per heavy atom. The van der Waals surface area contributed by atoms with Gasteiger partial charge in [-0.25, -0.2) is 0 Å². The number of rotatable bonds is 6. The summed E-state index contributed by atoms with van der Waals surface area (Å²) < 4.78 is 0. The lowest BCUT2D eigenvalue weighted by Gasteiger charge is -2.26. The van der Waals surface area contributed by atoms with E-state index in [0.717, 1.165) is 0 Å². The van der Waals surface area contributed by atoms with Crippen molar-refractivity contribution in [3.8, 4) is 0 Å². The van der Waals surface area contributed by atoms with Gasteiger partial charge in [-0.2, -0.15) is 0 Å². The molecule has 6 N–H and O–H groups in total. The fraction of sp³-hybridized carbons (Fsp3) is 0.857. The molecule has 14 heavy (non-hydrogen) atoms. The molecule has 0 aromatic rings. The predicted octanol–water partition coefficient (Wildman–Crippen LogP) is -4.02. The quantitative estimate of drug-likeness (QED) is 0.245. The summed E-state index contributed by atoms with van der Waals surface area (Å²) in [5.41, 5.74) is 0. The highest BCUT2D eigenvalue weighted by Crippen LogP contribution is 2.07. The second-order valence-electron chi connectivity index (χ2n) is 2.85. The van der Waals surface area contributed by atoms with Gasteiger partial charge in [-0.05, 0) is 0 Å². The van der Waals surface area contributed by atoms with E-state index in [4.69, 9.17) is 30.6 Å². The molecular formula is C7H14O7. The van der Waals surface area contributed by atoms with Gasteiger partial charge in [0, 0.05) is 0 Å². The van der Waals surface area contributed by atoms with Crippen molar-refractivity contribution >= 4 is 6.29 Å². The maximum absolute atomic E-state index is 10.00. The normalized spacial score (nSPS) is 22.1. The largest absolute Gasteiger partial charge is 0.394 e. The number of aliphatic hydroxyl groups is 6. The predicted molar refractivity (Wildman–Crippen MR) is 43.2 cm³/mol. The van der Waals surface area contributed by atoms with E-state index in [-0.39, 0.29) is 6.29 Å². The van der Waals surface area contributed by atoms with Gasteiger partial charge in [0.2, 0.25) is 0 Å². The topological polar surface area (TPSA) is 138 Å². The van der Waals surface area contributed by atoms with Crippen LogP contribution in [-0.2, 0) is 4.79 Å². The molecule has 0 aromatic carbocycles. The van der Waals surface area contributed by atoms with Crippen molar-refractivity contribution < 1.29 is 35.4 Å². The molecule has 0 heterocycles. The maximum atomic E-state index is 10.00. The molecule has 0 unspecified atom stereocenters. The minimum atomic E-state index is -1.92. The van der Waals surface area contributed by atoms with E-state index in [9.17, 15) is 4.79 Å². The zero-order valence-corrected chi connectivity index (χ0v) is 7.26. The molecular weight excluding hydrogens is 196 g/mol. The van der Waals surface area contributed by atoms with Gasteiger partial charge in [0.15, 0.2) is 6.29 Å². The lowest BCUT2D eigenvalue weighted by molar-refractivity contribution is -0.147. The van der Waals surface area contributed by atoms with Crippen LogP contribution in [0.5, 0.6) is 0 Å². The van der Waals surface area contributed by atoms with E-state index in [0.29, 0.717) is 0 Å². The van der Waals surface area contributed by atoms with Crippen LogP contribution in [0.15, 0.2) is 0 Å². The Morgan fingerprint density at radius 1 is 0.929 bits per heavy atom. The van der Waals surface area contributed by atoms with Crippen LogP contribution in [0.1, 0.15) is 0 Å². The molecule has 0 aliphatic rings. The molecule has 7 nitrogen and oxygen atoms in total.